The van der Waals surface area contributed by atoms with E-state index in [0.717, 1.165) is 11.7 Å². The fourth-order valence-electron chi connectivity index (χ4n) is 2.85. The molecule has 166 valence electrons. The van der Waals surface area contributed by atoms with Crippen LogP contribution in [0, 0.1) is 0 Å². The Morgan fingerprint density at radius 3 is 2.39 bits per heavy atom. The van der Waals surface area contributed by atoms with E-state index in [1.807, 2.05) is 5.32 Å². The van der Waals surface area contributed by atoms with Crippen LogP contribution in [0.5, 0.6) is 23.3 Å². The average molecular weight is 447 g/mol. The molecule has 2 heterocycles. The number of rotatable bonds is 4. The van der Waals surface area contributed by atoms with Crippen molar-refractivity contribution in [1.82, 2.24) is 25.2 Å². The molecular formula is C22H17N5O6. The predicted octanol–water partition coefficient (Wildman–Crippen LogP) is 3.70. The maximum Gasteiger partial charge on any atom is 0.423 e. The Morgan fingerprint density at radius 2 is 1.61 bits per heavy atom. The fourth-order valence-corrected chi connectivity index (χ4v) is 2.85. The largest absolute Gasteiger partial charge is 0.439 e. The summed E-state index contributed by atoms with van der Waals surface area (Å²) < 4.78 is 17.1. The van der Waals surface area contributed by atoms with Gasteiger partial charge in [-0.3, -0.25) is 4.57 Å². The van der Waals surface area contributed by atoms with Crippen molar-refractivity contribution >= 4 is 29.1 Å². The molecule has 11 heteroatoms. The number of nitrogens with one attached hydrogen (secondary N) is 2. The molecule has 0 bridgehead atoms. The summed E-state index contributed by atoms with van der Waals surface area (Å²) in [6, 6.07) is 16.1. The van der Waals surface area contributed by atoms with Gasteiger partial charge >= 0.3 is 18.2 Å². The van der Waals surface area contributed by atoms with Crippen LogP contribution < -0.4 is 24.8 Å². The van der Waals surface area contributed by atoms with Crippen LogP contribution in [0.1, 0.15) is 0 Å². The third-order valence-electron chi connectivity index (χ3n) is 4.29. The molecule has 4 aromatic rings. The van der Waals surface area contributed by atoms with E-state index < -0.39 is 12.2 Å². The molecule has 0 unspecified atom stereocenters. The normalized spacial score (nSPS) is 10.3. The summed E-state index contributed by atoms with van der Waals surface area (Å²) in [4.78, 5) is 43.5. The zero-order chi connectivity index (χ0) is 23.2. The molecular weight excluding hydrogens is 430 g/mol. The second-order valence-corrected chi connectivity index (χ2v) is 6.48. The minimum atomic E-state index is -1.09. The third-order valence-corrected chi connectivity index (χ3v) is 4.29. The summed E-state index contributed by atoms with van der Waals surface area (Å²) in [5.74, 6) is 0.587. The molecule has 2 N–H and O–H groups in total. The number of hydrogen-bond donors (Lipinski definition) is 2. The van der Waals surface area contributed by atoms with Crippen LogP contribution in [-0.4, -0.2) is 39.8 Å². The first-order valence-electron chi connectivity index (χ1n) is 9.60. The number of carbonyl (C=O) groups excluding carboxylic acids is 3. The average Bonchev–Trinajstić information content (AvgIpc) is 3.22. The number of benzene rings is 2. The van der Waals surface area contributed by atoms with Crippen LogP contribution >= 0.6 is 0 Å². The lowest BCUT2D eigenvalue weighted by Gasteiger charge is -2.08. The van der Waals surface area contributed by atoms with Crippen molar-refractivity contribution in [2.45, 2.75) is 0 Å². The van der Waals surface area contributed by atoms with E-state index in [2.05, 4.69) is 15.3 Å². The lowest BCUT2D eigenvalue weighted by atomic mass is 10.2. The maximum absolute atomic E-state index is 12.0. The van der Waals surface area contributed by atoms with Gasteiger partial charge in [0.1, 0.15) is 17.8 Å². The van der Waals surface area contributed by atoms with Crippen molar-refractivity contribution in [3.05, 3.63) is 73.2 Å². The first-order valence-corrected chi connectivity index (χ1v) is 9.60. The van der Waals surface area contributed by atoms with Crippen LogP contribution in [0.2, 0.25) is 0 Å². The zero-order valence-corrected chi connectivity index (χ0v) is 17.2. The minimum absolute atomic E-state index is 0.0806. The standard InChI is InChI=1S/C22H17N5O6/c1-23-20(28)27-10-9-14-7-8-16(11-17(14)27)31-18-12-19(25-13-24-18)33-22(30)26-21(29)32-15-5-3-2-4-6-15/h2-13H,1H3,(H,23,28)(H,26,29,30). The maximum atomic E-state index is 12.0. The Kier molecular flexibility index (Phi) is 6.12. The van der Waals surface area contributed by atoms with Crippen molar-refractivity contribution in [2.75, 3.05) is 7.05 Å². The topological polar surface area (TPSA) is 134 Å². The number of carbonyl (C=O) groups is 3. The molecule has 0 atom stereocenters. The number of ether oxygens (including phenoxy) is 3. The molecule has 4 rings (SSSR count). The molecule has 0 aliphatic carbocycles. The van der Waals surface area contributed by atoms with Gasteiger partial charge in [-0.25, -0.2) is 29.7 Å². The number of amides is 3. The number of aromatic nitrogens is 3. The third kappa shape index (κ3) is 5.22. The van der Waals surface area contributed by atoms with E-state index in [9.17, 15) is 14.4 Å². The SMILES string of the molecule is CNC(=O)n1ccc2ccc(Oc3cc(OC(=O)NC(=O)Oc4ccccc4)ncn3)cc21. The van der Waals surface area contributed by atoms with Crippen LogP contribution in [0.15, 0.2) is 73.2 Å². The van der Waals surface area contributed by atoms with E-state index in [1.54, 1.807) is 60.8 Å². The van der Waals surface area contributed by atoms with Crippen molar-refractivity contribution in [1.29, 1.82) is 0 Å². The summed E-state index contributed by atoms with van der Waals surface area (Å²) in [5, 5.41) is 5.32. The van der Waals surface area contributed by atoms with Crippen LogP contribution in [0.4, 0.5) is 14.4 Å². The molecule has 11 nitrogen and oxygen atoms in total. The molecule has 3 amide bonds. The van der Waals surface area contributed by atoms with Crippen molar-refractivity contribution < 1.29 is 28.6 Å². The lowest BCUT2D eigenvalue weighted by Crippen LogP contribution is -2.35. The van der Waals surface area contributed by atoms with Crippen molar-refractivity contribution in [3.63, 3.8) is 0 Å². The van der Waals surface area contributed by atoms with Gasteiger partial charge in [-0.1, -0.05) is 18.2 Å². The predicted molar refractivity (Wildman–Crippen MR) is 116 cm³/mol. The van der Waals surface area contributed by atoms with Crippen molar-refractivity contribution in [3.8, 4) is 23.3 Å². The molecule has 2 aromatic heterocycles. The van der Waals surface area contributed by atoms with Crippen LogP contribution in [0.3, 0.4) is 0 Å². The second kappa shape index (κ2) is 9.47. The minimum Gasteiger partial charge on any atom is -0.439 e. The molecule has 0 saturated heterocycles. The smallest absolute Gasteiger partial charge is 0.423 e. The monoisotopic (exact) mass is 447 g/mol. The molecule has 0 radical (unpaired) electrons. The highest BCUT2D eigenvalue weighted by Gasteiger charge is 2.14. The molecule has 0 aliphatic heterocycles. The molecule has 0 spiro atoms. The van der Waals surface area contributed by atoms with Gasteiger partial charge in [0, 0.05) is 24.7 Å². The molecule has 2 aromatic carbocycles. The van der Waals surface area contributed by atoms with Gasteiger partial charge in [0.25, 0.3) is 0 Å². The van der Waals surface area contributed by atoms with E-state index in [4.69, 9.17) is 14.2 Å². The summed E-state index contributed by atoms with van der Waals surface area (Å²) in [6.45, 7) is 0. The quantitative estimate of drug-likeness (QED) is 0.484. The fraction of sp³-hybridized carbons (Fsp3) is 0.0455. The van der Waals surface area contributed by atoms with Gasteiger partial charge in [0.15, 0.2) is 0 Å². The summed E-state index contributed by atoms with van der Waals surface area (Å²) in [7, 11) is 1.54. The molecule has 33 heavy (non-hydrogen) atoms. The number of hydrogen-bond acceptors (Lipinski definition) is 8. The van der Waals surface area contributed by atoms with Gasteiger partial charge in [-0.2, -0.15) is 0 Å². The van der Waals surface area contributed by atoms with Crippen molar-refractivity contribution in [2.24, 2.45) is 0 Å². The number of para-hydroxylation sites is 1. The van der Waals surface area contributed by atoms with Gasteiger partial charge in [-0.15, -0.1) is 0 Å². The van der Waals surface area contributed by atoms with E-state index in [0.29, 0.717) is 11.3 Å². The molecule has 0 aliphatic rings. The summed E-state index contributed by atoms with van der Waals surface area (Å²) >= 11 is 0. The lowest BCUT2D eigenvalue weighted by molar-refractivity contribution is 0.180. The zero-order valence-electron chi connectivity index (χ0n) is 17.2. The Morgan fingerprint density at radius 1 is 0.848 bits per heavy atom. The van der Waals surface area contributed by atoms with Gasteiger partial charge < -0.3 is 19.5 Å². The first kappa shape index (κ1) is 21.3. The molecule has 0 fully saturated rings. The number of nitrogens with zero attached hydrogens (tertiary/aromatic N) is 3. The Bertz CT molecular complexity index is 1320. The van der Waals surface area contributed by atoms with Gasteiger partial charge in [-0.05, 0) is 30.3 Å². The first-order chi connectivity index (χ1) is 16.0. The highest BCUT2D eigenvalue weighted by Crippen LogP contribution is 2.26. The van der Waals surface area contributed by atoms with E-state index in [1.165, 1.54) is 17.7 Å². The van der Waals surface area contributed by atoms with E-state index >= 15 is 0 Å². The highest BCUT2D eigenvalue weighted by molar-refractivity contribution is 5.92. The Hall–Kier alpha value is -4.93. The Balaban J connectivity index is 1.41. The van der Waals surface area contributed by atoms with Crippen LogP contribution in [-0.2, 0) is 0 Å². The Labute approximate surface area is 186 Å². The van der Waals surface area contributed by atoms with Crippen LogP contribution in [0.25, 0.3) is 10.9 Å². The second-order valence-electron chi connectivity index (χ2n) is 6.48. The number of imide groups is 1. The van der Waals surface area contributed by atoms with Gasteiger partial charge in [0.2, 0.25) is 11.8 Å². The summed E-state index contributed by atoms with van der Waals surface area (Å²) in [6.07, 6.45) is 0.673. The van der Waals surface area contributed by atoms with Gasteiger partial charge in [0.05, 0.1) is 11.6 Å². The highest BCUT2D eigenvalue weighted by atomic mass is 16.6. The van der Waals surface area contributed by atoms with E-state index in [-0.39, 0.29) is 23.5 Å². The number of fused-ring (bicyclic) bond motifs is 1. The summed E-state index contributed by atoms with van der Waals surface area (Å²) in [5.41, 5.74) is 0.633. The molecule has 0 saturated carbocycles.